The van der Waals surface area contributed by atoms with Crippen molar-refractivity contribution in [2.75, 3.05) is 33.2 Å². The molecule has 0 radical (unpaired) electrons. The van der Waals surface area contributed by atoms with E-state index in [-0.39, 0.29) is 5.56 Å². The third-order valence-corrected chi connectivity index (χ3v) is 6.28. The SMILES string of the molecule is CN1CCN(Cc2ccc3cc(-c4cc(-c5ccsc5)n[nH]c4=O)[nH]c3c2)CC1. The maximum absolute atomic E-state index is 12.4. The van der Waals surface area contributed by atoms with Gasteiger partial charge in [0.05, 0.1) is 17.0 Å². The molecule has 2 N–H and O–H groups in total. The Morgan fingerprint density at radius 3 is 2.76 bits per heavy atom. The molecule has 0 spiro atoms. The van der Waals surface area contributed by atoms with Crippen molar-refractivity contribution in [3.63, 3.8) is 0 Å². The minimum absolute atomic E-state index is 0.187. The van der Waals surface area contributed by atoms with E-state index in [0.29, 0.717) is 5.56 Å². The van der Waals surface area contributed by atoms with Crippen molar-refractivity contribution in [3.05, 3.63) is 63.1 Å². The number of nitrogens with zero attached hydrogens (tertiary/aromatic N) is 3. The highest BCUT2D eigenvalue weighted by Gasteiger charge is 2.15. The zero-order valence-corrected chi connectivity index (χ0v) is 17.1. The number of thiophene rings is 1. The van der Waals surface area contributed by atoms with Crippen LogP contribution in [0.25, 0.3) is 33.4 Å². The van der Waals surface area contributed by atoms with Gasteiger partial charge in [0.25, 0.3) is 5.56 Å². The summed E-state index contributed by atoms with van der Waals surface area (Å²) in [6.07, 6.45) is 0. The molecule has 6 nitrogen and oxygen atoms in total. The second-order valence-corrected chi connectivity index (χ2v) is 8.47. The molecule has 0 unspecified atom stereocenters. The fourth-order valence-electron chi connectivity index (χ4n) is 3.85. The normalized spacial score (nSPS) is 15.9. The van der Waals surface area contributed by atoms with Crippen LogP contribution < -0.4 is 5.56 Å². The Labute approximate surface area is 172 Å². The van der Waals surface area contributed by atoms with E-state index in [2.05, 4.69) is 50.2 Å². The molecule has 0 amide bonds. The fraction of sp³-hybridized carbons (Fsp3) is 0.273. The summed E-state index contributed by atoms with van der Waals surface area (Å²) >= 11 is 1.61. The fourth-order valence-corrected chi connectivity index (χ4v) is 4.50. The number of benzene rings is 1. The second kappa shape index (κ2) is 7.59. The van der Waals surface area contributed by atoms with Crippen molar-refractivity contribution in [3.8, 4) is 22.5 Å². The van der Waals surface area contributed by atoms with Crippen molar-refractivity contribution >= 4 is 22.2 Å². The van der Waals surface area contributed by atoms with Gasteiger partial charge in [-0.05, 0) is 42.3 Å². The predicted molar refractivity (Wildman–Crippen MR) is 118 cm³/mol. The van der Waals surface area contributed by atoms with E-state index in [1.54, 1.807) is 11.3 Å². The molecule has 3 aromatic heterocycles. The lowest BCUT2D eigenvalue weighted by Gasteiger charge is -2.32. The minimum atomic E-state index is -0.187. The summed E-state index contributed by atoms with van der Waals surface area (Å²) in [5.41, 5.74) is 5.37. The lowest BCUT2D eigenvalue weighted by molar-refractivity contribution is 0.148. The first-order valence-electron chi connectivity index (χ1n) is 9.81. The molecule has 1 fully saturated rings. The van der Waals surface area contributed by atoms with Gasteiger partial charge in [-0.3, -0.25) is 9.69 Å². The lowest BCUT2D eigenvalue weighted by atomic mass is 10.1. The van der Waals surface area contributed by atoms with Crippen LogP contribution >= 0.6 is 11.3 Å². The maximum Gasteiger partial charge on any atom is 0.273 e. The average Bonchev–Trinajstić information content (AvgIpc) is 3.40. The van der Waals surface area contributed by atoms with Crippen molar-refractivity contribution in [2.24, 2.45) is 0 Å². The number of hydrogen-bond donors (Lipinski definition) is 2. The molecule has 1 aliphatic rings. The topological polar surface area (TPSA) is 68.0 Å². The number of rotatable bonds is 4. The van der Waals surface area contributed by atoms with Gasteiger partial charge >= 0.3 is 0 Å². The Morgan fingerprint density at radius 2 is 1.97 bits per heavy atom. The summed E-state index contributed by atoms with van der Waals surface area (Å²) in [6, 6.07) is 12.4. The van der Waals surface area contributed by atoms with Crippen molar-refractivity contribution in [1.82, 2.24) is 25.0 Å². The van der Waals surface area contributed by atoms with Crippen LogP contribution in [0.1, 0.15) is 5.56 Å². The first kappa shape index (κ1) is 18.3. The number of aromatic nitrogens is 3. The van der Waals surface area contributed by atoms with Crippen molar-refractivity contribution < 1.29 is 0 Å². The van der Waals surface area contributed by atoms with E-state index >= 15 is 0 Å². The number of hydrogen-bond acceptors (Lipinski definition) is 5. The maximum atomic E-state index is 12.4. The number of piperazine rings is 1. The Kier molecular flexibility index (Phi) is 4.79. The van der Waals surface area contributed by atoms with E-state index in [4.69, 9.17) is 0 Å². The van der Waals surface area contributed by atoms with Gasteiger partial charge in [-0.25, -0.2) is 5.10 Å². The molecule has 1 aromatic carbocycles. The van der Waals surface area contributed by atoms with Gasteiger partial charge in [0.1, 0.15) is 0 Å². The molecular weight excluding hydrogens is 382 g/mol. The molecule has 29 heavy (non-hydrogen) atoms. The van der Waals surface area contributed by atoms with Crippen LogP contribution in [0, 0.1) is 0 Å². The standard InChI is InChI=1S/C22H23N5OS/c1-26-5-7-27(8-6-26)13-15-2-3-16-11-21(23-19(16)10-15)18-12-20(24-25-22(18)28)17-4-9-29-14-17/h2-4,9-12,14,23H,5-8,13H2,1H3,(H,25,28). The smallest absolute Gasteiger partial charge is 0.273 e. The van der Waals surface area contributed by atoms with Crippen molar-refractivity contribution in [1.29, 1.82) is 0 Å². The number of H-pyrrole nitrogens is 2. The van der Waals surface area contributed by atoms with Gasteiger partial charge in [-0.15, -0.1) is 0 Å². The molecule has 0 atom stereocenters. The molecular formula is C22H23N5OS. The van der Waals surface area contributed by atoms with Crippen LogP contribution in [-0.2, 0) is 6.54 Å². The predicted octanol–water partition coefficient (Wildman–Crippen LogP) is 3.39. The molecule has 7 heteroatoms. The quantitative estimate of drug-likeness (QED) is 0.546. The van der Waals surface area contributed by atoms with E-state index in [1.807, 2.05) is 29.0 Å². The van der Waals surface area contributed by atoms with Crippen LogP contribution in [0.3, 0.4) is 0 Å². The highest BCUT2D eigenvalue weighted by Crippen LogP contribution is 2.26. The highest BCUT2D eigenvalue weighted by molar-refractivity contribution is 7.08. The Hall–Kier alpha value is -2.74. The van der Waals surface area contributed by atoms with Crippen LogP contribution in [0.15, 0.2) is 52.0 Å². The van der Waals surface area contributed by atoms with Gasteiger partial charge < -0.3 is 9.88 Å². The summed E-state index contributed by atoms with van der Waals surface area (Å²) in [7, 11) is 2.18. The van der Waals surface area contributed by atoms with E-state index in [9.17, 15) is 4.79 Å². The first-order valence-corrected chi connectivity index (χ1v) is 10.8. The van der Waals surface area contributed by atoms with E-state index < -0.39 is 0 Å². The minimum Gasteiger partial charge on any atom is -0.354 e. The Bertz CT molecular complexity index is 1190. The number of fused-ring (bicyclic) bond motifs is 1. The van der Waals surface area contributed by atoms with Gasteiger partial charge in [0, 0.05) is 54.6 Å². The number of nitrogens with one attached hydrogen (secondary N) is 2. The molecule has 0 bridgehead atoms. The van der Waals surface area contributed by atoms with Crippen molar-refractivity contribution in [2.45, 2.75) is 6.54 Å². The summed E-state index contributed by atoms with van der Waals surface area (Å²) < 4.78 is 0. The highest BCUT2D eigenvalue weighted by atomic mass is 32.1. The summed E-state index contributed by atoms with van der Waals surface area (Å²) in [4.78, 5) is 20.7. The van der Waals surface area contributed by atoms with Crippen LogP contribution in [-0.4, -0.2) is 58.2 Å². The second-order valence-electron chi connectivity index (χ2n) is 7.69. The molecule has 4 aromatic rings. The number of aromatic amines is 2. The Balaban J connectivity index is 1.44. The first-order chi connectivity index (χ1) is 14.2. The molecule has 0 aliphatic carbocycles. The average molecular weight is 406 g/mol. The zero-order chi connectivity index (χ0) is 19.8. The molecule has 4 heterocycles. The van der Waals surface area contributed by atoms with Gasteiger partial charge in [-0.2, -0.15) is 16.4 Å². The summed E-state index contributed by atoms with van der Waals surface area (Å²) in [6.45, 7) is 5.39. The van der Waals surface area contributed by atoms with Crippen LogP contribution in [0.5, 0.6) is 0 Å². The van der Waals surface area contributed by atoms with E-state index in [1.165, 1.54) is 5.56 Å². The molecule has 148 valence electrons. The third kappa shape index (κ3) is 3.76. The Morgan fingerprint density at radius 1 is 1.10 bits per heavy atom. The molecule has 5 rings (SSSR count). The molecule has 1 saturated heterocycles. The molecule has 0 saturated carbocycles. The van der Waals surface area contributed by atoms with Crippen LogP contribution in [0.2, 0.25) is 0 Å². The van der Waals surface area contributed by atoms with Crippen LogP contribution in [0.4, 0.5) is 0 Å². The summed E-state index contributed by atoms with van der Waals surface area (Å²) in [5, 5.41) is 12.0. The monoisotopic (exact) mass is 405 g/mol. The summed E-state index contributed by atoms with van der Waals surface area (Å²) in [5.74, 6) is 0. The zero-order valence-electron chi connectivity index (χ0n) is 16.3. The largest absolute Gasteiger partial charge is 0.354 e. The third-order valence-electron chi connectivity index (χ3n) is 5.60. The van der Waals surface area contributed by atoms with E-state index in [0.717, 1.165) is 60.6 Å². The number of likely N-dealkylation sites (N-methyl/N-ethyl adjacent to an activating group) is 1. The molecule has 1 aliphatic heterocycles. The van der Waals surface area contributed by atoms with Gasteiger partial charge in [-0.1, -0.05) is 12.1 Å². The van der Waals surface area contributed by atoms with Gasteiger partial charge in [0.15, 0.2) is 0 Å². The lowest BCUT2D eigenvalue weighted by Crippen LogP contribution is -2.43. The van der Waals surface area contributed by atoms with Gasteiger partial charge in [0.2, 0.25) is 0 Å².